The highest BCUT2D eigenvalue weighted by Crippen LogP contribution is 2.49. The second-order valence-corrected chi connectivity index (χ2v) is 8.94. The van der Waals surface area contributed by atoms with Gasteiger partial charge in [0.2, 0.25) is 0 Å². The Morgan fingerprint density at radius 1 is 0.926 bits per heavy atom. The van der Waals surface area contributed by atoms with Crippen molar-refractivity contribution in [3.8, 4) is 11.1 Å². The Balaban J connectivity index is 1.62. The minimum Gasteiger partial charge on any atom is -0.0912 e. The van der Waals surface area contributed by atoms with Crippen LogP contribution in [0.15, 0.2) is 72.8 Å². The molecule has 0 N–H and O–H groups in total. The van der Waals surface area contributed by atoms with Gasteiger partial charge in [0.25, 0.3) is 0 Å². The molecule has 0 fully saturated rings. The second kappa shape index (κ2) is 7.12. The first-order valence-corrected chi connectivity index (χ1v) is 10.4. The highest BCUT2D eigenvalue weighted by molar-refractivity contribution is 14.1. The van der Waals surface area contributed by atoms with Crippen LogP contribution < -0.4 is 10.4 Å². The van der Waals surface area contributed by atoms with E-state index in [1.807, 2.05) is 12.1 Å². The Morgan fingerprint density at radius 3 is 2.41 bits per heavy atom. The van der Waals surface area contributed by atoms with Gasteiger partial charge < -0.3 is 0 Å². The van der Waals surface area contributed by atoms with E-state index < -0.39 is 0 Å². The van der Waals surface area contributed by atoms with Crippen molar-refractivity contribution in [3.05, 3.63) is 104 Å². The summed E-state index contributed by atoms with van der Waals surface area (Å²) in [5.74, 6) is 0. The zero-order chi connectivity index (χ0) is 19.0. The predicted molar refractivity (Wildman–Crippen MR) is 125 cm³/mol. The van der Waals surface area contributed by atoms with Crippen molar-refractivity contribution in [3.63, 3.8) is 0 Å². The molecular formula is C26H23I. The van der Waals surface area contributed by atoms with Gasteiger partial charge in [-0.1, -0.05) is 87.2 Å². The maximum atomic E-state index is 4.07. The minimum atomic E-state index is 0.0600. The summed E-state index contributed by atoms with van der Waals surface area (Å²) in [6, 6.07) is 22.0. The molecule has 0 bridgehead atoms. The number of hydrogen-bond acceptors (Lipinski definition) is 0. The SMILES string of the molecule is C=c1cccc/c1=C/C=C\Cc1ccc2c(c1)C(C)(C)c1cc(I)ccc1-2. The van der Waals surface area contributed by atoms with Crippen molar-refractivity contribution in [2.75, 3.05) is 0 Å². The molecule has 0 aromatic heterocycles. The fraction of sp³-hybridized carbons (Fsp3) is 0.154. The summed E-state index contributed by atoms with van der Waals surface area (Å²) in [5, 5.41) is 2.24. The number of allylic oxidation sites excluding steroid dienone is 2. The van der Waals surface area contributed by atoms with Crippen molar-refractivity contribution in [2.24, 2.45) is 0 Å². The lowest BCUT2D eigenvalue weighted by Crippen LogP contribution is -2.21. The largest absolute Gasteiger partial charge is 0.0912 e. The molecule has 0 saturated heterocycles. The van der Waals surface area contributed by atoms with Gasteiger partial charge in [0, 0.05) is 8.99 Å². The normalized spacial score (nSPS) is 15.1. The van der Waals surface area contributed by atoms with Gasteiger partial charge in [-0.25, -0.2) is 0 Å². The van der Waals surface area contributed by atoms with Crippen LogP contribution in [0.25, 0.3) is 23.8 Å². The number of halogens is 1. The van der Waals surface area contributed by atoms with Gasteiger partial charge in [-0.15, -0.1) is 0 Å². The molecule has 3 aromatic carbocycles. The third kappa shape index (κ3) is 3.41. The highest BCUT2D eigenvalue weighted by atomic mass is 127. The van der Waals surface area contributed by atoms with E-state index in [1.165, 1.54) is 36.6 Å². The van der Waals surface area contributed by atoms with Crippen LogP contribution in [-0.4, -0.2) is 0 Å². The number of hydrogen-bond donors (Lipinski definition) is 0. The molecule has 3 aromatic rings. The number of benzene rings is 3. The Labute approximate surface area is 175 Å². The fourth-order valence-corrected chi connectivity index (χ4v) is 4.45. The first kappa shape index (κ1) is 18.2. The number of fused-ring (bicyclic) bond motifs is 3. The monoisotopic (exact) mass is 462 g/mol. The molecule has 0 saturated carbocycles. The minimum absolute atomic E-state index is 0.0600. The Kier molecular flexibility index (Phi) is 4.81. The molecule has 0 spiro atoms. The Hall–Kier alpha value is -2.13. The summed E-state index contributed by atoms with van der Waals surface area (Å²) in [5.41, 5.74) is 7.08. The molecule has 0 radical (unpaired) electrons. The molecule has 27 heavy (non-hydrogen) atoms. The smallest absolute Gasteiger partial charge is 0.0159 e. The van der Waals surface area contributed by atoms with E-state index in [0.29, 0.717) is 0 Å². The lowest BCUT2D eigenvalue weighted by molar-refractivity contribution is 0.659. The average molecular weight is 462 g/mol. The van der Waals surface area contributed by atoms with Gasteiger partial charge >= 0.3 is 0 Å². The third-order valence-corrected chi connectivity index (χ3v) is 6.19. The van der Waals surface area contributed by atoms with Crippen LogP contribution in [0, 0.1) is 3.57 Å². The first-order valence-electron chi connectivity index (χ1n) is 9.31. The van der Waals surface area contributed by atoms with Crippen LogP contribution in [0.1, 0.15) is 30.5 Å². The summed E-state index contributed by atoms with van der Waals surface area (Å²) in [7, 11) is 0. The highest BCUT2D eigenvalue weighted by Gasteiger charge is 2.35. The van der Waals surface area contributed by atoms with Gasteiger partial charge in [-0.05, 0) is 79.4 Å². The quantitative estimate of drug-likeness (QED) is 0.446. The van der Waals surface area contributed by atoms with Gasteiger partial charge in [0.1, 0.15) is 0 Å². The molecule has 134 valence electrons. The molecule has 1 aliphatic rings. The summed E-state index contributed by atoms with van der Waals surface area (Å²) in [6.45, 7) is 8.75. The van der Waals surface area contributed by atoms with E-state index in [-0.39, 0.29) is 5.41 Å². The molecule has 0 aliphatic heterocycles. The van der Waals surface area contributed by atoms with Gasteiger partial charge in [-0.2, -0.15) is 0 Å². The van der Waals surface area contributed by atoms with E-state index in [1.54, 1.807) is 0 Å². The maximum Gasteiger partial charge on any atom is 0.0159 e. The van der Waals surface area contributed by atoms with Crippen molar-refractivity contribution in [2.45, 2.75) is 25.7 Å². The summed E-state index contributed by atoms with van der Waals surface area (Å²) in [4.78, 5) is 0. The second-order valence-electron chi connectivity index (χ2n) is 7.69. The molecule has 1 heteroatoms. The van der Waals surface area contributed by atoms with Crippen molar-refractivity contribution < 1.29 is 0 Å². The van der Waals surface area contributed by atoms with Crippen molar-refractivity contribution >= 4 is 35.2 Å². The van der Waals surface area contributed by atoms with Gasteiger partial charge in [-0.3, -0.25) is 0 Å². The zero-order valence-corrected chi connectivity index (χ0v) is 18.0. The van der Waals surface area contributed by atoms with Crippen LogP contribution in [-0.2, 0) is 11.8 Å². The molecule has 0 atom stereocenters. The molecule has 0 amide bonds. The lowest BCUT2D eigenvalue weighted by Gasteiger charge is -2.22. The summed E-state index contributed by atoms with van der Waals surface area (Å²) in [6.07, 6.45) is 7.44. The molecular weight excluding hydrogens is 439 g/mol. The Morgan fingerprint density at radius 2 is 1.63 bits per heavy atom. The van der Waals surface area contributed by atoms with E-state index in [4.69, 9.17) is 0 Å². The first-order chi connectivity index (χ1) is 13.0. The zero-order valence-electron chi connectivity index (χ0n) is 15.8. The van der Waals surface area contributed by atoms with Crippen LogP contribution in [0.5, 0.6) is 0 Å². The maximum absolute atomic E-state index is 4.07. The lowest BCUT2D eigenvalue weighted by atomic mass is 9.82. The Bertz CT molecular complexity index is 1150. The van der Waals surface area contributed by atoms with Gasteiger partial charge in [0.05, 0.1) is 0 Å². The molecule has 0 unspecified atom stereocenters. The van der Waals surface area contributed by atoms with Crippen LogP contribution in [0.3, 0.4) is 0 Å². The third-order valence-electron chi connectivity index (χ3n) is 5.52. The van der Waals surface area contributed by atoms with Crippen LogP contribution in [0.4, 0.5) is 0 Å². The number of rotatable bonds is 3. The van der Waals surface area contributed by atoms with Gasteiger partial charge in [0.15, 0.2) is 0 Å². The summed E-state index contributed by atoms with van der Waals surface area (Å²) >= 11 is 2.41. The molecule has 4 rings (SSSR count). The fourth-order valence-electron chi connectivity index (χ4n) is 3.96. The molecule has 0 nitrogen and oxygen atoms in total. The molecule has 0 heterocycles. The van der Waals surface area contributed by atoms with Crippen molar-refractivity contribution in [1.82, 2.24) is 0 Å². The van der Waals surface area contributed by atoms with E-state index in [0.717, 1.165) is 11.6 Å². The molecule has 1 aliphatic carbocycles. The predicted octanol–water partition coefficient (Wildman–Crippen LogP) is 5.59. The average Bonchev–Trinajstić information content (AvgIpc) is 2.87. The van der Waals surface area contributed by atoms with E-state index in [2.05, 4.69) is 110 Å². The topological polar surface area (TPSA) is 0 Å². The summed E-state index contributed by atoms with van der Waals surface area (Å²) < 4.78 is 1.30. The van der Waals surface area contributed by atoms with E-state index in [9.17, 15) is 0 Å². The van der Waals surface area contributed by atoms with Crippen molar-refractivity contribution in [1.29, 1.82) is 0 Å². The standard InChI is InChI=1S/C26H23I/c1-18-8-4-6-10-20(18)11-7-5-9-19-12-14-22-23-15-13-21(27)17-25(23)26(2,3)24(22)16-19/h4-8,10-17H,1,9H2,2-3H3/b7-5-,20-11-. The van der Waals surface area contributed by atoms with Crippen LogP contribution >= 0.6 is 22.6 Å². The van der Waals surface area contributed by atoms with E-state index >= 15 is 0 Å². The van der Waals surface area contributed by atoms with Crippen LogP contribution in [0.2, 0.25) is 0 Å².